The van der Waals surface area contributed by atoms with E-state index >= 15 is 0 Å². The summed E-state index contributed by atoms with van der Waals surface area (Å²) in [7, 11) is 0. The topological polar surface area (TPSA) is 40.5 Å². The molecule has 2 heteroatoms. The van der Waals surface area contributed by atoms with Gasteiger partial charge < -0.3 is 10.2 Å². The summed E-state index contributed by atoms with van der Waals surface area (Å²) in [5.41, 5.74) is 0. The molecule has 0 aromatic rings. The average molecular weight is 130 g/mol. The molecule has 9 heavy (non-hydrogen) atoms. The Hall–Kier alpha value is -0.340. The van der Waals surface area contributed by atoms with Gasteiger partial charge in [-0.3, -0.25) is 0 Å². The minimum atomic E-state index is -0.337. The van der Waals surface area contributed by atoms with Crippen molar-refractivity contribution in [3.63, 3.8) is 0 Å². The zero-order valence-corrected chi connectivity index (χ0v) is 5.75. The van der Waals surface area contributed by atoms with Crippen LogP contribution in [-0.2, 0) is 0 Å². The van der Waals surface area contributed by atoms with Crippen molar-refractivity contribution in [1.82, 2.24) is 0 Å². The van der Waals surface area contributed by atoms with Crippen LogP contribution in [0.25, 0.3) is 0 Å². The second kappa shape index (κ2) is 5.79. The molecule has 0 saturated carbocycles. The molecule has 0 fully saturated rings. The normalized spacial score (nSPS) is 14.6. The van der Waals surface area contributed by atoms with E-state index in [1.54, 1.807) is 12.2 Å². The summed E-state index contributed by atoms with van der Waals surface area (Å²) in [6.07, 6.45) is 4.53. The van der Waals surface area contributed by atoms with Gasteiger partial charge in [-0.15, -0.1) is 0 Å². The first-order chi connectivity index (χ1) is 4.31. The molecule has 0 aliphatic rings. The summed E-state index contributed by atoms with van der Waals surface area (Å²) >= 11 is 0. The SMILES string of the molecule is CCC(O)C=CCCO. The van der Waals surface area contributed by atoms with Crippen LogP contribution < -0.4 is 0 Å². The van der Waals surface area contributed by atoms with Gasteiger partial charge in [-0.25, -0.2) is 0 Å². The molecule has 0 aliphatic carbocycles. The summed E-state index contributed by atoms with van der Waals surface area (Å²) < 4.78 is 0. The van der Waals surface area contributed by atoms with E-state index in [2.05, 4.69) is 0 Å². The van der Waals surface area contributed by atoms with Crippen molar-refractivity contribution in [3.8, 4) is 0 Å². The molecule has 0 aliphatic heterocycles. The summed E-state index contributed by atoms with van der Waals surface area (Å²) in [5.74, 6) is 0. The first-order valence-corrected chi connectivity index (χ1v) is 3.26. The molecule has 0 aromatic carbocycles. The van der Waals surface area contributed by atoms with Crippen LogP contribution in [0.5, 0.6) is 0 Å². The van der Waals surface area contributed by atoms with Crippen LogP contribution in [0.2, 0.25) is 0 Å². The fraction of sp³-hybridized carbons (Fsp3) is 0.714. The number of aliphatic hydroxyl groups is 2. The van der Waals surface area contributed by atoms with Crippen LogP contribution in [-0.4, -0.2) is 22.9 Å². The van der Waals surface area contributed by atoms with E-state index in [1.807, 2.05) is 6.92 Å². The van der Waals surface area contributed by atoms with Crippen molar-refractivity contribution in [2.45, 2.75) is 25.9 Å². The Morgan fingerprint density at radius 3 is 2.67 bits per heavy atom. The van der Waals surface area contributed by atoms with Gasteiger partial charge in [0.15, 0.2) is 0 Å². The van der Waals surface area contributed by atoms with Crippen LogP contribution in [0.4, 0.5) is 0 Å². The Kier molecular flexibility index (Phi) is 5.57. The minimum absolute atomic E-state index is 0.160. The molecular formula is C7H14O2. The molecule has 1 atom stereocenters. The first-order valence-electron chi connectivity index (χ1n) is 3.26. The Morgan fingerprint density at radius 1 is 1.56 bits per heavy atom. The maximum Gasteiger partial charge on any atom is 0.0718 e. The van der Waals surface area contributed by atoms with Crippen LogP contribution >= 0.6 is 0 Å². The van der Waals surface area contributed by atoms with Crippen molar-refractivity contribution in [2.75, 3.05) is 6.61 Å². The Labute approximate surface area is 55.8 Å². The highest BCUT2D eigenvalue weighted by Gasteiger charge is 1.89. The fourth-order valence-electron chi connectivity index (χ4n) is 0.464. The third-order valence-corrected chi connectivity index (χ3v) is 1.07. The monoisotopic (exact) mass is 130 g/mol. The minimum Gasteiger partial charge on any atom is -0.396 e. The van der Waals surface area contributed by atoms with Crippen LogP contribution in [0.3, 0.4) is 0 Å². The van der Waals surface area contributed by atoms with E-state index in [4.69, 9.17) is 10.2 Å². The Balaban J connectivity index is 3.20. The van der Waals surface area contributed by atoms with Gasteiger partial charge in [-0.2, -0.15) is 0 Å². The molecule has 2 nitrogen and oxygen atoms in total. The lowest BCUT2D eigenvalue weighted by Crippen LogP contribution is -1.97. The van der Waals surface area contributed by atoms with E-state index in [1.165, 1.54) is 0 Å². The predicted octanol–water partition coefficient (Wildman–Crippen LogP) is 0.696. The van der Waals surface area contributed by atoms with Crippen molar-refractivity contribution >= 4 is 0 Å². The highest BCUT2D eigenvalue weighted by molar-refractivity contribution is 4.87. The molecule has 0 rings (SSSR count). The molecule has 1 unspecified atom stereocenters. The second-order valence-electron chi connectivity index (χ2n) is 1.92. The highest BCUT2D eigenvalue weighted by atomic mass is 16.3. The van der Waals surface area contributed by atoms with E-state index in [-0.39, 0.29) is 12.7 Å². The summed E-state index contributed by atoms with van der Waals surface area (Å²) in [6.45, 7) is 2.07. The van der Waals surface area contributed by atoms with Crippen molar-refractivity contribution < 1.29 is 10.2 Å². The first kappa shape index (κ1) is 8.66. The summed E-state index contributed by atoms with van der Waals surface area (Å²) in [4.78, 5) is 0. The third-order valence-electron chi connectivity index (χ3n) is 1.07. The Bertz CT molecular complexity index is 79.0. The maximum absolute atomic E-state index is 8.92. The standard InChI is InChI=1S/C7H14O2/c1-2-7(9)5-3-4-6-8/h3,5,7-9H,2,4,6H2,1H3. The van der Waals surface area contributed by atoms with Gasteiger partial charge in [0.1, 0.15) is 0 Å². The molecule has 0 heterocycles. The smallest absolute Gasteiger partial charge is 0.0718 e. The lowest BCUT2D eigenvalue weighted by Gasteiger charge is -1.96. The van der Waals surface area contributed by atoms with Crippen LogP contribution in [0.1, 0.15) is 19.8 Å². The van der Waals surface area contributed by atoms with Crippen LogP contribution in [0, 0.1) is 0 Å². The molecule has 54 valence electrons. The highest BCUT2D eigenvalue weighted by Crippen LogP contribution is 1.92. The zero-order valence-electron chi connectivity index (χ0n) is 5.75. The van der Waals surface area contributed by atoms with Crippen LogP contribution in [0.15, 0.2) is 12.2 Å². The number of hydrogen-bond donors (Lipinski definition) is 2. The van der Waals surface area contributed by atoms with E-state index in [0.29, 0.717) is 6.42 Å². The van der Waals surface area contributed by atoms with Crippen molar-refractivity contribution in [3.05, 3.63) is 12.2 Å². The molecule has 0 saturated heterocycles. The average Bonchev–Trinajstić information content (AvgIpc) is 1.89. The predicted molar refractivity (Wildman–Crippen MR) is 37.1 cm³/mol. The number of rotatable bonds is 4. The summed E-state index contributed by atoms with van der Waals surface area (Å²) in [5, 5.41) is 17.2. The van der Waals surface area contributed by atoms with E-state index in [9.17, 15) is 0 Å². The van der Waals surface area contributed by atoms with Gasteiger partial charge in [0.25, 0.3) is 0 Å². The quantitative estimate of drug-likeness (QED) is 0.550. The largest absolute Gasteiger partial charge is 0.396 e. The molecule has 0 spiro atoms. The maximum atomic E-state index is 8.92. The zero-order chi connectivity index (χ0) is 7.11. The van der Waals surface area contributed by atoms with Gasteiger partial charge in [0.2, 0.25) is 0 Å². The van der Waals surface area contributed by atoms with Gasteiger partial charge in [0.05, 0.1) is 6.10 Å². The van der Waals surface area contributed by atoms with Gasteiger partial charge in [-0.1, -0.05) is 19.1 Å². The van der Waals surface area contributed by atoms with Crippen molar-refractivity contribution in [2.24, 2.45) is 0 Å². The lowest BCUT2D eigenvalue weighted by molar-refractivity contribution is 0.218. The Morgan fingerprint density at radius 2 is 2.22 bits per heavy atom. The molecular weight excluding hydrogens is 116 g/mol. The number of hydrogen-bond acceptors (Lipinski definition) is 2. The third kappa shape index (κ3) is 5.53. The van der Waals surface area contributed by atoms with Gasteiger partial charge in [-0.05, 0) is 12.8 Å². The molecule has 0 radical (unpaired) electrons. The number of aliphatic hydroxyl groups excluding tert-OH is 2. The molecule has 0 aromatic heterocycles. The van der Waals surface area contributed by atoms with E-state index in [0.717, 1.165) is 6.42 Å². The van der Waals surface area contributed by atoms with Gasteiger partial charge in [0, 0.05) is 6.61 Å². The van der Waals surface area contributed by atoms with Gasteiger partial charge >= 0.3 is 0 Å². The molecule has 0 amide bonds. The second-order valence-corrected chi connectivity index (χ2v) is 1.92. The fourth-order valence-corrected chi connectivity index (χ4v) is 0.464. The molecule has 2 N–H and O–H groups in total. The summed E-state index contributed by atoms with van der Waals surface area (Å²) in [6, 6.07) is 0. The lowest BCUT2D eigenvalue weighted by atomic mass is 10.2. The van der Waals surface area contributed by atoms with Crippen molar-refractivity contribution in [1.29, 1.82) is 0 Å². The van der Waals surface area contributed by atoms with E-state index < -0.39 is 0 Å². The molecule has 0 bridgehead atoms.